The van der Waals surface area contributed by atoms with Gasteiger partial charge in [-0.15, -0.1) is 0 Å². The van der Waals surface area contributed by atoms with E-state index in [9.17, 15) is 18.8 Å². The lowest BCUT2D eigenvalue weighted by atomic mass is 10.1. The van der Waals surface area contributed by atoms with E-state index in [-0.39, 0.29) is 24.6 Å². The lowest BCUT2D eigenvalue weighted by Gasteiger charge is -2.15. The first kappa shape index (κ1) is 16.7. The van der Waals surface area contributed by atoms with Gasteiger partial charge in [-0.2, -0.15) is 0 Å². The van der Waals surface area contributed by atoms with Gasteiger partial charge in [0.25, 0.3) is 5.56 Å². The molecular formula is C16H18FN3O3. The minimum Gasteiger partial charge on any atom is -0.349 e. The van der Waals surface area contributed by atoms with Crippen LogP contribution in [-0.4, -0.2) is 15.9 Å². The van der Waals surface area contributed by atoms with Crippen molar-refractivity contribution in [3.63, 3.8) is 0 Å². The Morgan fingerprint density at radius 3 is 2.61 bits per heavy atom. The van der Waals surface area contributed by atoms with Crippen LogP contribution in [0, 0.1) is 12.7 Å². The Morgan fingerprint density at radius 2 is 1.96 bits per heavy atom. The third kappa shape index (κ3) is 4.15. The van der Waals surface area contributed by atoms with Crippen molar-refractivity contribution < 1.29 is 9.18 Å². The zero-order chi connectivity index (χ0) is 17.0. The highest BCUT2D eigenvalue weighted by Gasteiger charge is 2.14. The molecule has 2 rings (SSSR count). The van der Waals surface area contributed by atoms with E-state index >= 15 is 0 Å². The second-order valence-corrected chi connectivity index (χ2v) is 5.32. The SMILES string of the molecule is Cc1[nH]c(=O)[nH]c(=O)c1CCC(=O)NC(C)c1ccccc1F. The largest absolute Gasteiger partial charge is 0.349 e. The zero-order valence-corrected chi connectivity index (χ0v) is 12.9. The first-order valence-corrected chi connectivity index (χ1v) is 7.24. The van der Waals surface area contributed by atoms with Gasteiger partial charge < -0.3 is 10.3 Å². The summed E-state index contributed by atoms with van der Waals surface area (Å²) in [5, 5.41) is 2.69. The Labute approximate surface area is 131 Å². The van der Waals surface area contributed by atoms with Crippen LogP contribution in [0.25, 0.3) is 0 Å². The molecule has 3 N–H and O–H groups in total. The average Bonchev–Trinajstić information content (AvgIpc) is 2.46. The number of nitrogens with one attached hydrogen (secondary N) is 3. The van der Waals surface area contributed by atoms with Gasteiger partial charge in [-0.05, 0) is 26.3 Å². The van der Waals surface area contributed by atoms with Crippen molar-refractivity contribution in [3.8, 4) is 0 Å². The number of aromatic amines is 2. The Kier molecular flexibility index (Phi) is 5.10. The lowest BCUT2D eigenvalue weighted by Crippen LogP contribution is -2.30. The van der Waals surface area contributed by atoms with Crippen LogP contribution in [0.3, 0.4) is 0 Å². The second kappa shape index (κ2) is 7.04. The van der Waals surface area contributed by atoms with Crippen molar-refractivity contribution in [1.82, 2.24) is 15.3 Å². The molecule has 0 saturated heterocycles. The predicted octanol–water partition coefficient (Wildman–Crippen LogP) is 1.32. The number of benzene rings is 1. The number of H-pyrrole nitrogens is 2. The fourth-order valence-corrected chi connectivity index (χ4v) is 2.38. The molecule has 1 unspecified atom stereocenters. The van der Waals surface area contributed by atoms with Gasteiger partial charge in [-0.3, -0.25) is 14.6 Å². The number of carbonyl (C=O) groups excluding carboxylic acids is 1. The highest BCUT2D eigenvalue weighted by molar-refractivity contribution is 5.76. The van der Waals surface area contributed by atoms with Crippen molar-refractivity contribution in [2.24, 2.45) is 0 Å². The number of hydrogen-bond acceptors (Lipinski definition) is 3. The van der Waals surface area contributed by atoms with Crippen LogP contribution in [-0.2, 0) is 11.2 Å². The van der Waals surface area contributed by atoms with Crippen LogP contribution in [0.4, 0.5) is 4.39 Å². The summed E-state index contributed by atoms with van der Waals surface area (Å²) in [5.74, 6) is -0.682. The minimum absolute atomic E-state index is 0.0642. The van der Waals surface area contributed by atoms with Crippen LogP contribution < -0.4 is 16.6 Å². The van der Waals surface area contributed by atoms with Crippen molar-refractivity contribution in [2.75, 3.05) is 0 Å². The van der Waals surface area contributed by atoms with Crippen LogP contribution >= 0.6 is 0 Å². The highest BCUT2D eigenvalue weighted by atomic mass is 19.1. The summed E-state index contributed by atoms with van der Waals surface area (Å²) in [7, 11) is 0. The number of rotatable bonds is 5. The van der Waals surface area contributed by atoms with Gasteiger partial charge in [0.15, 0.2) is 0 Å². The van der Waals surface area contributed by atoms with E-state index in [4.69, 9.17) is 0 Å². The molecule has 0 bridgehead atoms. The van der Waals surface area contributed by atoms with Crippen molar-refractivity contribution >= 4 is 5.91 Å². The summed E-state index contributed by atoms with van der Waals surface area (Å²) < 4.78 is 13.7. The van der Waals surface area contributed by atoms with E-state index in [1.165, 1.54) is 6.07 Å². The molecule has 2 aromatic rings. The summed E-state index contributed by atoms with van der Waals surface area (Å²) in [6.07, 6.45) is 0.253. The van der Waals surface area contributed by atoms with Crippen LogP contribution in [0.5, 0.6) is 0 Å². The average molecular weight is 319 g/mol. The normalized spacial score (nSPS) is 12.0. The van der Waals surface area contributed by atoms with Crippen molar-refractivity contribution in [2.45, 2.75) is 32.7 Å². The molecule has 0 radical (unpaired) electrons. The fraction of sp³-hybridized carbons (Fsp3) is 0.312. The third-order valence-electron chi connectivity index (χ3n) is 3.61. The molecule has 1 heterocycles. The zero-order valence-electron chi connectivity index (χ0n) is 12.9. The third-order valence-corrected chi connectivity index (χ3v) is 3.61. The maximum atomic E-state index is 13.7. The van der Waals surface area contributed by atoms with Crippen molar-refractivity contribution in [1.29, 1.82) is 0 Å². The number of halogens is 1. The number of carbonyl (C=O) groups is 1. The monoisotopic (exact) mass is 319 g/mol. The maximum Gasteiger partial charge on any atom is 0.325 e. The Bertz CT molecular complexity index is 826. The van der Waals surface area contributed by atoms with Crippen LogP contribution in [0.15, 0.2) is 33.9 Å². The molecule has 0 spiro atoms. The molecule has 1 atom stereocenters. The summed E-state index contributed by atoms with van der Waals surface area (Å²) in [4.78, 5) is 39.4. The molecule has 6 nitrogen and oxygen atoms in total. The fourth-order valence-electron chi connectivity index (χ4n) is 2.38. The highest BCUT2D eigenvalue weighted by Crippen LogP contribution is 2.16. The summed E-state index contributed by atoms with van der Waals surface area (Å²) >= 11 is 0. The van der Waals surface area contributed by atoms with Crippen LogP contribution in [0.2, 0.25) is 0 Å². The maximum absolute atomic E-state index is 13.7. The molecule has 0 aliphatic heterocycles. The molecule has 0 aliphatic carbocycles. The van der Waals surface area contributed by atoms with E-state index in [1.807, 2.05) is 0 Å². The summed E-state index contributed by atoms with van der Waals surface area (Å²) in [5.41, 5.74) is 0.126. The van der Waals surface area contributed by atoms with E-state index in [1.54, 1.807) is 32.0 Å². The molecule has 23 heavy (non-hydrogen) atoms. The Hall–Kier alpha value is -2.70. The Morgan fingerprint density at radius 1 is 1.26 bits per heavy atom. The molecule has 1 aromatic heterocycles. The lowest BCUT2D eigenvalue weighted by molar-refractivity contribution is -0.121. The van der Waals surface area contributed by atoms with Gasteiger partial charge in [-0.25, -0.2) is 9.18 Å². The summed E-state index contributed by atoms with van der Waals surface area (Å²) in [6, 6.07) is 5.75. The second-order valence-electron chi connectivity index (χ2n) is 5.32. The number of hydrogen-bond donors (Lipinski definition) is 3. The number of amides is 1. The van der Waals surface area contributed by atoms with Gasteiger partial charge in [0, 0.05) is 23.2 Å². The van der Waals surface area contributed by atoms with Gasteiger partial charge in [-0.1, -0.05) is 18.2 Å². The molecule has 1 aromatic carbocycles. The molecule has 7 heteroatoms. The Balaban J connectivity index is 2.00. The van der Waals surface area contributed by atoms with Gasteiger partial charge in [0.2, 0.25) is 5.91 Å². The standard InChI is InChI=1S/C16H18FN3O3/c1-9(11-5-3-4-6-13(11)17)18-14(21)8-7-12-10(2)19-16(23)20-15(12)22/h3-6,9H,7-8H2,1-2H3,(H,18,21)(H2,19,20,22,23). The van der Waals surface area contributed by atoms with E-state index < -0.39 is 17.3 Å². The van der Waals surface area contributed by atoms with E-state index in [2.05, 4.69) is 15.3 Å². The number of aryl methyl sites for hydroxylation is 1. The summed E-state index contributed by atoms with van der Waals surface area (Å²) in [6.45, 7) is 3.29. The quantitative estimate of drug-likeness (QED) is 0.775. The molecule has 0 aliphatic rings. The minimum atomic E-state index is -0.575. The molecule has 0 saturated carbocycles. The predicted molar refractivity (Wildman–Crippen MR) is 83.7 cm³/mol. The van der Waals surface area contributed by atoms with Gasteiger partial charge in [0.1, 0.15) is 5.82 Å². The van der Waals surface area contributed by atoms with Crippen LogP contribution in [0.1, 0.15) is 36.2 Å². The van der Waals surface area contributed by atoms with E-state index in [0.29, 0.717) is 16.8 Å². The molecule has 1 amide bonds. The molecular weight excluding hydrogens is 301 g/mol. The molecule has 0 fully saturated rings. The molecule has 122 valence electrons. The first-order valence-electron chi connectivity index (χ1n) is 7.24. The number of aromatic nitrogens is 2. The smallest absolute Gasteiger partial charge is 0.325 e. The van der Waals surface area contributed by atoms with Gasteiger partial charge >= 0.3 is 5.69 Å². The van der Waals surface area contributed by atoms with Crippen molar-refractivity contribution in [3.05, 3.63) is 67.7 Å². The first-order chi connectivity index (χ1) is 10.9. The van der Waals surface area contributed by atoms with E-state index in [0.717, 1.165) is 0 Å². The topological polar surface area (TPSA) is 94.8 Å². The van der Waals surface area contributed by atoms with Gasteiger partial charge in [0.05, 0.1) is 6.04 Å².